The topological polar surface area (TPSA) is 86.1 Å². The van der Waals surface area contributed by atoms with E-state index in [4.69, 9.17) is 16.3 Å². The molecule has 2 aromatic heterocycles. The molecule has 0 fully saturated rings. The van der Waals surface area contributed by atoms with Crippen LogP contribution in [0, 0.1) is 0 Å². The highest BCUT2D eigenvalue weighted by Crippen LogP contribution is 2.26. The first-order chi connectivity index (χ1) is 15.5. The van der Waals surface area contributed by atoms with Gasteiger partial charge in [-0.2, -0.15) is 0 Å². The number of rotatable bonds is 6. The number of hydrogen-bond acceptors (Lipinski definition) is 6. The molecule has 162 valence electrons. The van der Waals surface area contributed by atoms with Crippen molar-refractivity contribution in [2.24, 2.45) is 0 Å². The van der Waals surface area contributed by atoms with Crippen LogP contribution in [-0.4, -0.2) is 32.8 Å². The second-order valence-corrected chi connectivity index (χ2v) is 8.61. The van der Waals surface area contributed by atoms with Crippen molar-refractivity contribution in [1.82, 2.24) is 14.5 Å². The van der Waals surface area contributed by atoms with Crippen molar-refractivity contribution in [3.63, 3.8) is 0 Å². The molecule has 1 atom stereocenters. The van der Waals surface area contributed by atoms with Crippen molar-refractivity contribution in [2.75, 3.05) is 12.4 Å². The number of thioether (sulfide) groups is 1. The first-order valence-electron chi connectivity index (χ1n) is 9.71. The molecule has 4 rings (SSSR count). The van der Waals surface area contributed by atoms with E-state index < -0.39 is 5.25 Å². The third-order valence-electron chi connectivity index (χ3n) is 4.71. The zero-order chi connectivity index (χ0) is 22.7. The second-order valence-electron chi connectivity index (χ2n) is 6.86. The Kier molecular flexibility index (Phi) is 6.43. The molecule has 0 unspecified atom stereocenters. The average molecular weight is 467 g/mol. The van der Waals surface area contributed by atoms with E-state index in [1.807, 2.05) is 6.07 Å². The van der Waals surface area contributed by atoms with Crippen molar-refractivity contribution in [2.45, 2.75) is 17.3 Å². The molecule has 0 saturated carbocycles. The van der Waals surface area contributed by atoms with E-state index >= 15 is 0 Å². The Labute approximate surface area is 193 Å². The number of amides is 1. The molecule has 0 spiro atoms. The lowest BCUT2D eigenvalue weighted by molar-refractivity contribution is -0.115. The Morgan fingerprint density at radius 3 is 2.56 bits per heavy atom. The van der Waals surface area contributed by atoms with Crippen molar-refractivity contribution in [3.05, 3.63) is 82.2 Å². The number of anilines is 1. The molecule has 32 heavy (non-hydrogen) atoms. The van der Waals surface area contributed by atoms with Gasteiger partial charge in [0.05, 0.1) is 34.0 Å². The molecule has 0 bridgehead atoms. The van der Waals surface area contributed by atoms with Gasteiger partial charge in [-0.3, -0.25) is 14.2 Å². The Morgan fingerprint density at radius 2 is 1.88 bits per heavy atom. The Balaban J connectivity index is 1.70. The quantitative estimate of drug-likeness (QED) is 0.331. The van der Waals surface area contributed by atoms with E-state index in [2.05, 4.69) is 15.3 Å². The first kappa shape index (κ1) is 21.9. The highest BCUT2D eigenvalue weighted by atomic mass is 35.5. The summed E-state index contributed by atoms with van der Waals surface area (Å²) in [6.45, 7) is 1.75. The number of ether oxygens (including phenoxy) is 1. The fraction of sp³-hybridized carbons (Fsp3) is 0.130. The molecule has 2 aromatic carbocycles. The van der Waals surface area contributed by atoms with Crippen LogP contribution in [0.4, 0.5) is 5.82 Å². The minimum atomic E-state index is -0.551. The Morgan fingerprint density at radius 1 is 1.12 bits per heavy atom. The first-order valence-corrected chi connectivity index (χ1v) is 11.0. The number of nitrogens with one attached hydrogen (secondary N) is 1. The maximum Gasteiger partial charge on any atom is 0.266 e. The lowest BCUT2D eigenvalue weighted by atomic mass is 10.2. The molecular weight excluding hydrogens is 448 g/mol. The van der Waals surface area contributed by atoms with Crippen LogP contribution in [0.25, 0.3) is 16.6 Å². The minimum absolute atomic E-state index is 0.213. The SMILES string of the molecule is COc1ccc(-n2c(S[C@@H](C)C(=O)Nc3ccc(Cl)cn3)nc3ccccc3c2=O)cc1. The zero-order valence-electron chi connectivity index (χ0n) is 17.3. The van der Waals surface area contributed by atoms with E-state index in [0.717, 1.165) is 0 Å². The summed E-state index contributed by atoms with van der Waals surface area (Å²) in [6, 6.07) is 17.5. The number of hydrogen-bond donors (Lipinski definition) is 1. The number of pyridine rings is 1. The Bertz CT molecular complexity index is 1320. The predicted molar refractivity (Wildman–Crippen MR) is 127 cm³/mol. The van der Waals surface area contributed by atoms with Crippen LogP contribution >= 0.6 is 23.4 Å². The second kappa shape index (κ2) is 9.42. The van der Waals surface area contributed by atoms with Crippen LogP contribution in [0.2, 0.25) is 5.02 Å². The standard InChI is InChI=1S/C23H19ClN4O3S/c1-14(21(29)27-20-12-7-15(24)13-25-20)32-23-26-19-6-4-3-5-18(19)22(30)28(23)16-8-10-17(31-2)11-9-16/h3-14H,1-2H3,(H,25,27,29)/t14-/m0/s1. The maximum absolute atomic E-state index is 13.3. The number of nitrogens with zero attached hydrogens (tertiary/aromatic N) is 3. The van der Waals surface area contributed by atoms with Gasteiger partial charge in [0, 0.05) is 6.20 Å². The van der Waals surface area contributed by atoms with Crippen molar-refractivity contribution < 1.29 is 9.53 Å². The molecule has 0 aliphatic heterocycles. The summed E-state index contributed by atoms with van der Waals surface area (Å²) in [7, 11) is 1.58. The van der Waals surface area contributed by atoms with Crippen LogP contribution in [0.1, 0.15) is 6.92 Å². The van der Waals surface area contributed by atoms with E-state index in [1.165, 1.54) is 22.5 Å². The predicted octanol–water partition coefficient (Wildman–Crippen LogP) is 4.56. The average Bonchev–Trinajstić information content (AvgIpc) is 2.81. The monoisotopic (exact) mass is 466 g/mol. The molecule has 2 heterocycles. The minimum Gasteiger partial charge on any atom is -0.497 e. The fourth-order valence-corrected chi connectivity index (χ4v) is 4.08. The number of para-hydroxylation sites is 1. The number of halogens is 1. The van der Waals surface area contributed by atoms with E-state index in [-0.39, 0.29) is 11.5 Å². The van der Waals surface area contributed by atoms with Crippen molar-refractivity contribution >= 4 is 46.0 Å². The van der Waals surface area contributed by atoms with Crippen molar-refractivity contribution in [1.29, 1.82) is 0 Å². The van der Waals surface area contributed by atoms with Crippen LogP contribution < -0.4 is 15.6 Å². The normalized spacial score (nSPS) is 11.8. The molecule has 0 aliphatic carbocycles. The molecule has 1 amide bonds. The van der Waals surface area contributed by atoms with E-state index in [1.54, 1.807) is 68.6 Å². The summed E-state index contributed by atoms with van der Waals surface area (Å²) in [6.07, 6.45) is 1.46. The summed E-state index contributed by atoms with van der Waals surface area (Å²) >= 11 is 7.04. The van der Waals surface area contributed by atoms with E-state index in [9.17, 15) is 9.59 Å². The fourth-order valence-electron chi connectivity index (χ4n) is 3.04. The van der Waals surface area contributed by atoms with Crippen LogP contribution in [0.15, 0.2) is 76.8 Å². The molecule has 0 radical (unpaired) electrons. The van der Waals surface area contributed by atoms with Gasteiger partial charge in [0.25, 0.3) is 5.56 Å². The highest BCUT2D eigenvalue weighted by molar-refractivity contribution is 8.00. The number of carbonyl (C=O) groups excluding carboxylic acids is 1. The highest BCUT2D eigenvalue weighted by Gasteiger charge is 2.21. The van der Waals surface area contributed by atoms with Gasteiger partial charge in [0.15, 0.2) is 5.16 Å². The molecule has 9 heteroatoms. The molecule has 7 nitrogen and oxygen atoms in total. The summed E-state index contributed by atoms with van der Waals surface area (Å²) in [5, 5.41) is 3.59. The summed E-state index contributed by atoms with van der Waals surface area (Å²) in [5.74, 6) is 0.798. The number of aromatic nitrogens is 3. The number of methoxy groups -OCH3 is 1. The third kappa shape index (κ3) is 4.61. The summed E-state index contributed by atoms with van der Waals surface area (Å²) in [4.78, 5) is 34.8. The lowest BCUT2D eigenvalue weighted by Gasteiger charge is -2.16. The van der Waals surface area contributed by atoms with Gasteiger partial charge < -0.3 is 10.1 Å². The van der Waals surface area contributed by atoms with Gasteiger partial charge in [-0.1, -0.05) is 35.5 Å². The van der Waals surface area contributed by atoms with E-state index in [0.29, 0.717) is 38.3 Å². The summed E-state index contributed by atoms with van der Waals surface area (Å²) < 4.78 is 6.73. The molecular formula is C23H19ClN4O3S. The van der Waals surface area contributed by atoms with Gasteiger partial charge in [-0.15, -0.1) is 0 Å². The summed E-state index contributed by atoms with van der Waals surface area (Å²) in [5.41, 5.74) is 0.982. The van der Waals surface area contributed by atoms with Gasteiger partial charge in [-0.05, 0) is 55.5 Å². The Hall–Kier alpha value is -3.36. The zero-order valence-corrected chi connectivity index (χ0v) is 18.9. The smallest absolute Gasteiger partial charge is 0.266 e. The van der Waals surface area contributed by atoms with Crippen LogP contribution in [0.3, 0.4) is 0 Å². The number of fused-ring (bicyclic) bond motifs is 1. The molecule has 4 aromatic rings. The van der Waals surface area contributed by atoms with Crippen LogP contribution in [-0.2, 0) is 4.79 Å². The largest absolute Gasteiger partial charge is 0.497 e. The molecule has 0 saturated heterocycles. The number of benzene rings is 2. The number of carbonyl (C=O) groups is 1. The third-order valence-corrected chi connectivity index (χ3v) is 5.98. The molecule has 0 aliphatic rings. The van der Waals surface area contributed by atoms with Gasteiger partial charge in [0.1, 0.15) is 11.6 Å². The van der Waals surface area contributed by atoms with Gasteiger partial charge >= 0.3 is 0 Å². The van der Waals surface area contributed by atoms with Gasteiger partial charge in [0.2, 0.25) is 5.91 Å². The van der Waals surface area contributed by atoms with Crippen molar-refractivity contribution in [3.8, 4) is 11.4 Å². The van der Waals surface area contributed by atoms with Gasteiger partial charge in [-0.25, -0.2) is 9.97 Å². The van der Waals surface area contributed by atoms with Crippen LogP contribution in [0.5, 0.6) is 5.75 Å². The molecule has 1 N–H and O–H groups in total. The lowest BCUT2D eigenvalue weighted by Crippen LogP contribution is -2.26. The maximum atomic E-state index is 13.3.